The van der Waals surface area contributed by atoms with Crippen molar-refractivity contribution in [3.8, 4) is 0 Å². The lowest BCUT2D eigenvalue weighted by Crippen LogP contribution is -2.28. The van der Waals surface area contributed by atoms with E-state index in [1.165, 1.54) is 10.7 Å². The van der Waals surface area contributed by atoms with Crippen LogP contribution in [-0.2, 0) is 11.3 Å². The molecule has 0 N–H and O–H groups in total. The summed E-state index contributed by atoms with van der Waals surface area (Å²) < 4.78 is 1.26. The summed E-state index contributed by atoms with van der Waals surface area (Å²) in [5, 5.41) is 3.97. The minimum atomic E-state index is -0.189. The standard InChI is InChI=1S/C12H16N2O2/c1-9-6-12(16)14(13-7-9)8-11(15)10-4-2-3-5-10/h6-7,10H,2-5,8H2,1H3. The molecule has 0 aromatic carbocycles. The van der Waals surface area contributed by atoms with Gasteiger partial charge in [0.05, 0.1) is 6.20 Å². The number of Topliss-reactive ketones (excluding diaryl/α,β-unsaturated/α-hetero) is 1. The van der Waals surface area contributed by atoms with E-state index in [2.05, 4.69) is 5.10 Å². The molecule has 16 heavy (non-hydrogen) atoms. The van der Waals surface area contributed by atoms with Crippen LogP contribution in [0.25, 0.3) is 0 Å². The van der Waals surface area contributed by atoms with Crippen LogP contribution in [0, 0.1) is 12.8 Å². The summed E-state index contributed by atoms with van der Waals surface area (Å²) in [4.78, 5) is 23.4. The van der Waals surface area contributed by atoms with Gasteiger partial charge in [0.2, 0.25) is 0 Å². The van der Waals surface area contributed by atoms with Crippen molar-refractivity contribution >= 4 is 5.78 Å². The van der Waals surface area contributed by atoms with E-state index in [9.17, 15) is 9.59 Å². The Morgan fingerprint density at radius 3 is 2.81 bits per heavy atom. The summed E-state index contributed by atoms with van der Waals surface area (Å²) in [6.07, 6.45) is 5.82. The predicted octanol–water partition coefficient (Wildman–Crippen LogP) is 1.31. The van der Waals surface area contributed by atoms with Gasteiger partial charge in [0.25, 0.3) is 5.56 Å². The molecule has 0 saturated heterocycles. The van der Waals surface area contributed by atoms with E-state index in [1.807, 2.05) is 6.92 Å². The zero-order valence-corrected chi connectivity index (χ0v) is 9.48. The van der Waals surface area contributed by atoms with Crippen LogP contribution in [0.3, 0.4) is 0 Å². The molecule has 1 saturated carbocycles. The molecular weight excluding hydrogens is 204 g/mol. The molecule has 1 aliphatic rings. The summed E-state index contributed by atoms with van der Waals surface area (Å²) in [6, 6.07) is 1.51. The van der Waals surface area contributed by atoms with E-state index in [1.54, 1.807) is 6.20 Å². The highest BCUT2D eigenvalue weighted by Gasteiger charge is 2.23. The fourth-order valence-corrected chi connectivity index (χ4v) is 2.17. The Morgan fingerprint density at radius 2 is 2.19 bits per heavy atom. The number of hydrogen-bond donors (Lipinski definition) is 0. The molecule has 1 aromatic rings. The molecule has 4 heteroatoms. The summed E-state index contributed by atoms with van der Waals surface area (Å²) in [7, 11) is 0. The van der Waals surface area contributed by atoms with Gasteiger partial charge in [0, 0.05) is 12.0 Å². The molecule has 0 spiro atoms. The van der Waals surface area contributed by atoms with Crippen LogP contribution >= 0.6 is 0 Å². The quantitative estimate of drug-likeness (QED) is 0.771. The van der Waals surface area contributed by atoms with Crippen LogP contribution in [0.2, 0.25) is 0 Å². The Labute approximate surface area is 94.3 Å². The summed E-state index contributed by atoms with van der Waals surface area (Å²) in [5.41, 5.74) is 0.640. The van der Waals surface area contributed by atoms with Gasteiger partial charge in [-0.1, -0.05) is 12.8 Å². The molecule has 4 nitrogen and oxygen atoms in total. The topological polar surface area (TPSA) is 52.0 Å². The Kier molecular flexibility index (Phi) is 3.17. The van der Waals surface area contributed by atoms with Crippen molar-refractivity contribution in [2.45, 2.75) is 39.2 Å². The van der Waals surface area contributed by atoms with Crippen molar-refractivity contribution < 1.29 is 4.79 Å². The highest BCUT2D eigenvalue weighted by atomic mass is 16.1. The van der Waals surface area contributed by atoms with Gasteiger partial charge in [0.1, 0.15) is 6.54 Å². The second kappa shape index (κ2) is 4.60. The van der Waals surface area contributed by atoms with E-state index in [0.29, 0.717) is 0 Å². The molecule has 86 valence electrons. The van der Waals surface area contributed by atoms with Crippen LogP contribution in [0.4, 0.5) is 0 Å². The van der Waals surface area contributed by atoms with Gasteiger partial charge in [-0.25, -0.2) is 4.68 Å². The van der Waals surface area contributed by atoms with Crippen molar-refractivity contribution in [3.05, 3.63) is 28.2 Å². The average molecular weight is 220 g/mol. The highest BCUT2D eigenvalue weighted by Crippen LogP contribution is 2.25. The molecule has 1 fully saturated rings. The Morgan fingerprint density at radius 1 is 1.50 bits per heavy atom. The summed E-state index contributed by atoms with van der Waals surface area (Å²) in [5.74, 6) is 0.297. The third kappa shape index (κ3) is 2.38. The van der Waals surface area contributed by atoms with Crippen molar-refractivity contribution in [1.29, 1.82) is 0 Å². The van der Waals surface area contributed by atoms with Gasteiger partial charge in [-0.3, -0.25) is 9.59 Å². The van der Waals surface area contributed by atoms with Gasteiger partial charge in [-0.15, -0.1) is 0 Å². The number of aryl methyl sites for hydroxylation is 1. The molecule has 1 heterocycles. The number of nitrogens with zero attached hydrogens (tertiary/aromatic N) is 2. The van der Waals surface area contributed by atoms with E-state index < -0.39 is 0 Å². The first-order valence-electron chi connectivity index (χ1n) is 5.73. The molecule has 0 radical (unpaired) electrons. The lowest BCUT2D eigenvalue weighted by molar-refractivity contribution is -0.123. The fraction of sp³-hybridized carbons (Fsp3) is 0.583. The average Bonchev–Trinajstić information content (AvgIpc) is 2.75. The van der Waals surface area contributed by atoms with Crippen LogP contribution in [0.1, 0.15) is 31.2 Å². The molecular formula is C12H16N2O2. The van der Waals surface area contributed by atoms with Crippen LogP contribution in [0.5, 0.6) is 0 Å². The first-order chi connectivity index (χ1) is 7.66. The maximum atomic E-state index is 11.9. The van der Waals surface area contributed by atoms with Crippen LogP contribution < -0.4 is 5.56 Å². The zero-order chi connectivity index (χ0) is 11.5. The van der Waals surface area contributed by atoms with E-state index in [-0.39, 0.29) is 23.8 Å². The lowest BCUT2D eigenvalue weighted by Gasteiger charge is -2.08. The molecule has 0 amide bonds. The first kappa shape index (κ1) is 11.0. The Bertz CT molecular complexity index is 445. The predicted molar refractivity (Wildman–Crippen MR) is 60.2 cm³/mol. The third-order valence-corrected chi connectivity index (χ3v) is 3.12. The molecule has 1 aromatic heterocycles. The Hall–Kier alpha value is -1.45. The number of aromatic nitrogens is 2. The first-order valence-corrected chi connectivity index (χ1v) is 5.73. The van der Waals surface area contributed by atoms with Crippen LogP contribution in [-0.4, -0.2) is 15.6 Å². The molecule has 1 aliphatic carbocycles. The van der Waals surface area contributed by atoms with E-state index >= 15 is 0 Å². The second-order valence-corrected chi connectivity index (χ2v) is 4.48. The molecule has 0 aliphatic heterocycles. The maximum absolute atomic E-state index is 11.9. The normalized spacial score (nSPS) is 16.6. The highest BCUT2D eigenvalue weighted by molar-refractivity contribution is 5.80. The maximum Gasteiger partial charge on any atom is 0.267 e. The number of rotatable bonds is 3. The van der Waals surface area contributed by atoms with Gasteiger partial charge >= 0.3 is 0 Å². The zero-order valence-electron chi connectivity index (χ0n) is 9.48. The van der Waals surface area contributed by atoms with Crippen molar-refractivity contribution in [1.82, 2.24) is 9.78 Å². The number of carbonyl (C=O) groups is 1. The van der Waals surface area contributed by atoms with E-state index in [4.69, 9.17) is 0 Å². The minimum absolute atomic E-state index is 0.129. The van der Waals surface area contributed by atoms with Gasteiger partial charge in [-0.05, 0) is 25.3 Å². The van der Waals surface area contributed by atoms with Gasteiger partial charge in [-0.2, -0.15) is 5.10 Å². The number of ketones is 1. The monoisotopic (exact) mass is 220 g/mol. The SMILES string of the molecule is Cc1cnn(CC(=O)C2CCCC2)c(=O)c1. The minimum Gasteiger partial charge on any atom is -0.297 e. The summed E-state index contributed by atoms with van der Waals surface area (Å²) >= 11 is 0. The number of carbonyl (C=O) groups excluding carboxylic acids is 1. The Balaban J connectivity index is 2.08. The van der Waals surface area contributed by atoms with Crippen LogP contribution in [0.15, 0.2) is 17.1 Å². The van der Waals surface area contributed by atoms with Gasteiger partial charge in [0.15, 0.2) is 5.78 Å². The third-order valence-electron chi connectivity index (χ3n) is 3.12. The second-order valence-electron chi connectivity index (χ2n) is 4.48. The fourth-order valence-electron chi connectivity index (χ4n) is 2.17. The van der Waals surface area contributed by atoms with Crippen molar-refractivity contribution in [2.24, 2.45) is 5.92 Å². The molecule has 0 atom stereocenters. The smallest absolute Gasteiger partial charge is 0.267 e. The van der Waals surface area contributed by atoms with Crippen molar-refractivity contribution in [3.63, 3.8) is 0 Å². The molecule has 0 unspecified atom stereocenters. The van der Waals surface area contributed by atoms with Gasteiger partial charge < -0.3 is 0 Å². The molecule has 2 rings (SSSR count). The van der Waals surface area contributed by atoms with Crippen molar-refractivity contribution in [2.75, 3.05) is 0 Å². The molecule has 0 bridgehead atoms. The number of hydrogen-bond acceptors (Lipinski definition) is 3. The largest absolute Gasteiger partial charge is 0.297 e. The lowest BCUT2D eigenvalue weighted by atomic mass is 10.0. The summed E-state index contributed by atoms with van der Waals surface area (Å²) in [6.45, 7) is 1.95. The van der Waals surface area contributed by atoms with E-state index in [0.717, 1.165) is 31.2 Å².